The Balaban J connectivity index is 2.74. The van der Waals surface area contributed by atoms with E-state index in [1.807, 2.05) is 0 Å². The summed E-state index contributed by atoms with van der Waals surface area (Å²) in [4.78, 5) is 14.4. The van der Waals surface area contributed by atoms with E-state index in [4.69, 9.17) is 10.8 Å². The summed E-state index contributed by atoms with van der Waals surface area (Å²) in [5, 5.41) is 8.89. The molecule has 110 valence electrons. The third-order valence-electron chi connectivity index (χ3n) is 2.68. The van der Waals surface area contributed by atoms with Gasteiger partial charge < -0.3 is 10.8 Å². The van der Waals surface area contributed by atoms with Gasteiger partial charge in [-0.2, -0.15) is 13.2 Å². The van der Waals surface area contributed by atoms with Gasteiger partial charge in [0.15, 0.2) is 5.69 Å². The normalized spacial score (nSPS) is 11.4. The van der Waals surface area contributed by atoms with Crippen LogP contribution in [0.2, 0.25) is 0 Å². The summed E-state index contributed by atoms with van der Waals surface area (Å²) < 4.78 is 51.9. The SMILES string of the molecule is Nc1cc(C(F)(F)F)c(-c2ccc(F)cc2)nc1C(=O)O. The first-order chi connectivity index (χ1) is 9.70. The Morgan fingerprint density at radius 1 is 1.19 bits per heavy atom. The van der Waals surface area contributed by atoms with Crippen molar-refractivity contribution in [2.75, 3.05) is 5.73 Å². The van der Waals surface area contributed by atoms with Crippen molar-refractivity contribution >= 4 is 11.7 Å². The van der Waals surface area contributed by atoms with Crippen LogP contribution in [0, 0.1) is 5.82 Å². The number of carboxylic acids is 1. The highest BCUT2D eigenvalue weighted by Gasteiger charge is 2.36. The molecule has 0 saturated carbocycles. The number of pyridine rings is 1. The molecule has 2 aromatic rings. The standard InChI is InChI=1S/C13H8F4N2O2/c14-7-3-1-6(2-4-7)10-8(13(15,16)17)5-9(18)11(19-10)12(20)21/h1-5H,18H2,(H,20,21). The highest BCUT2D eigenvalue weighted by molar-refractivity contribution is 5.92. The average Bonchev–Trinajstić information content (AvgIpc) is 2.38. The highest BCUT2D eigenvalue weighted by atomic mass is 19.4. The Bertz CT molecular complexity index is 697. The summed E-state index contributed by atoms with van der Waals surface area (Å²) in [6, 6.07) is 4.57. The van der Waals surface area contributed by atoms with Crippen LogP contribution in [0.4, 0.5) is 23.2 Å². The molecule has 1 heterocycles. The molecule has 4 nitrogen and oxygen atoms in total. The van der Waals surface area contributed by atoms with Crippen molar-refractivity contribution < 1.29 is 27.5 Å². The summed E-state index contributed by atoms with van der Waals surface area (Å²) in [6.07, 6.45) is -4.78. The molecule has 0 amide bonds. The molecule has 0 fully saturated rings. The Kier molecular flexibility index (Phi) is 3.54. The number of nitrogens with zero attached hydrogens (tertiary/aromatic N) is 1. The molecule has 0 bridgehead atoms. The fraction of sp³-hybridized carbons (Fsp3) is 0.0769. The van der Waals surface area contributed by atoms with Gasteiger partial charge in [0, 0.05) is 5.56 Å². The van der Waals surface area contributed by atoms with Crippen molar-refractivity contribution in [3.63, 3.8) is 0 Å². The predicted molar refractivity (Wildman–Crippen MR) is 66.0 cm³/mol. The van der Waals surface area contributed by atoms with Crippen LogP contribution in [-0.2, 0) is 6.18 Å². The lowest BCUT2D eigenvalue weighted by Crippen LogP contribution is -2.14. The van der Waals surface area contributed by atoms with Gasteiger partial charge in [0.25, 0.3) is 0 Å². The van der Waals surface area contributed by atoms with Crippen LogP contribution in [0.15, 0.2) is 30.3 Å². The van der Waals surface area contributed by atoms with E-state index in [2.05, 4.69) is 4.98 Å². The summed E-state index contributed by atoms with van der Waals surface area (Å²) in [5.41, 5.74) is 2.13. The number of carbonyl (C=O) groups is 1. The van der Waals surface area contributed by atoms with Crippen LogP contribution >= 0.6 is 0 Å². The first-order valence-corrected chi connectivity index (χ1v) is 5.57. The molecule has 0 radical (unpaired) electrons. The summed E-state index contributed by atoms with van der Waals surface area (Å²) >= 11 is 0. The molecule has 0 atom stereocenters. The molecule has 0 aliphatic carbocycles. The third kappa shape index (κ3) is 2.93. The number of alkyl halides is 3. The zero-order valence-electron chi connectivity index (χ0n) is 10.3. The maximum Gasteiger partial charge on any atom is 0.418 e. The largest absolute Gasteiger partial charge is 0.476 e. The van der Waals surface area contributed by atoms with Crippen molar-refractivity contribution in [2.24, 2.45) is 0 Å². The molecule has 2 rings (SSSR count). The average molecular weight is 300 g/mol. The summed E-state index contributed by atoms with van der Waals surface area (Å²) in [5.74, 6) is -2.19. The number of hydrogen-bond donors (Lipinski definition) is 2. The smallest absolute Gasteiger partial charge is 0.418 e. The number of hydrogen-bond acceptors (Lipinski definition) is 3. The van der Waals surface area contributed by atoms with Gasteiger partial charge >= 0.3 is 12.1 Å². The predicted octanol–water partition coefficient (Wildman–Crippen LogP) is 3.19. The van der Waals surface area contributed by atoms with Crippen LogP contribution < -0.4 is 5.73 Å². The second-order valence-corrected chi connectivity index (χ2v) is 4.13. The summed E-state index contributed by atoms with van der Waals surface area (Å²) in [6.45, 7) is 0. The number of carboxylic acid groups (broad SMARTS) is 1. The van der Waals surface area contributed by atoms with Gasteiger partial charge in [0.2, 0.25) is 0 Å². The molecule has 21 heavy (non-hydrogen) atoms. The van der Waals surface area contributed by atoms with E-state index in [0.717, 1.165) is 24.3 Å². The van der Waals surface area contributed by atoms with Crippen molar-refractivity contribution in [3.05, 3.63) is 47.4 Å². The molecular weight excluding hydrogens is 292 g/mol. The molecular formula is C13H8F4N2O2. The second kappa shape index (κ2) is 5.04. The van der Waals surface area contributed by atoms with Gasteiger partial charge in [-0.1, -0.05) is 0 Å². The van der Waals surface area contributed by atoms with Gasteiger partial charge in [-0.05, 0) is 30.3 Å². The number of benzene rings is 1. The van der Waals surface area contributed by atoms with Gasteiger partial charge in [0.05, 0.1) is 16.9 Å². The number of rotatable bonds is 2. The summed E-state index contributed by atoms with van der Waals surface area (Å²) in [7, 11) is 0. The van der Waals surface area contributed by atoms with E-state index >= 15 is 0 Å². The van der Waals surface area contributed by atoms with E-state index in [9.17, 15) is 22.4 Å². The van der Waals surface area contributed by atoms with Crippen molar-refractivity contribution in [2.45, 2.75) is 6.18 Å². The quantitative estimate of drug-likeness (QED) is 0.835. The minimum atomic E-state index is -4.78. The zero-order chi connectivity index (χ0) is 15.8. The van der Waals surface area contributed by atoms with Gasteiger partial charge in [-0.25, -0.2) is 14.2 Å². The number of nitrogens with two attached hydrogens (primary N) is 1. The fourth-order valence-electron chi connectivity index (χ4n) is 1.74. The van der Waals surface area contributed by atoms with E-state index in [0.29, 0.717) is 6.07 Å². The molecule has 0 aliphatic rings. The minimum Gasteiger partial charge on any atom is -0.476 e. The molecule has 3 N–H and O–H groups in total. The van der Waals surface area contributed by atoms with E-state index in [-0.39, 0.29) is 5.56 Å². The zero-order valence-corrected chi connectivity index (χ0v) is 10.3. The van der Waals surface area contributed by atoms with E-state index in [1.54, 1.807) is 0 Å². The number of anilines is 1. The number of halogens is 4. The Morgan fingerprint density at radius 3 is 2.24 bits per heavy atom. The number of aromatic nitrogens is 1. The second-order valence-electron chi connectivity index (χ2n) is 4.13. The van der Waals surface area contributed by atoms with Crippen molar-refractivity contribution in [1.82, 2.24) is 4.98 Å². The van der Waals surface area contributed by atoms with Crippen LogP contribution in [0.1, 0.15) is 16.1 Å². The molecule has 0 aliphatic heterocycles. The monoisotopic (exact) mass is 300 g/mol. The number of aromatic carboxylic acids is 1. The first-order valence-electron chi connectivity index (χ1n) is 5.57. The Morgan fingerprint density at radius 2 is 1.76 bits per heavy atom. The topological polar surface area (TPSA) is 76.2 Å². The lowest BCUT2D eigenvalue weighted by molar-refractivity contribution is -0.137. The highest BCUT2D eigenvalue weighted by Crippen LogP contribution is 2.37. The lowest BCUT2D eigenvalue weighted by Gasteiger charge is -2.14. The maximum atomic E-state index is 13.0. The minimum absolute atomic E-state index is 0.0637. The molecule has 1 aromatic carbocycles. The van der Waals surface area contributed by atoms with Crippen LogP contribution in [0.5, 0.6) is 0 Å². The van der Waals surface area contributed by atoms with E-state index < -0.39 is 40.6 Å². The van der Waals surface area contributed by atoms with Gasteiger partial charge in [0.1, 0.15) is 5.82 Å². The van der Waals surface area contributed by atoms with Gasteiger partial charge in [-0.15, -0.1) is 0 Å². The molecule has 0 saturated heterocycles. The van der Waals surface area contributed by atoms with Crippen LogP contribution in [0.3, 0.4) is 0 Å². The van der Waals surface area contributed by atoms with Crippen molar-refractivity contribution in [1.29, 1.82) is 0 Å². The number of nitrogen functional groups attached to an aromatic ring is 1. The Labute approximate surface area is 115 Å². The van der Waals surface area contributed by atoms with Crippen molar-refractivity contribution in [3.8, 4) is 11.3 Å². The van der Waals surface area contributed by atoms with E-state index in [1.165, 1.54) is 0 Å². The van der Waals surface area contributed by atoms with Crippen LogP contribution in [0.25, 0.3) is 11.3 Å². The molecule has 0 spiro atoms. The molecule has 8 heteroatoms. The maximum absolute atomic E-state index is 13.0. The molecule has 0 unspecified atom stereocenters. The third-order valence-corrected chi connectivity index (χ3v) is 2.68. The fourth-order valence-corrected chi connectivity index (χ4v) is 1.74. The Hall–Kier alpha value is -2.64. The molecule has 1 aromatic heterocycles. The van der Waals surface area contributed by atoms with Crippen LogP contribution in [-0.4, -0.2) is 16.1 Å². The van der Waals surface area contributed by atoms with Gasteiger partial charge in [-0.3, -0.25) is 0 Å². The first kappa shape index (κ1) is 14.8. The lowest BCUT2D eigenvalue weighted by atomic mass is 10.0.